The fraction of sp³-hybridized carbons (Fsp3) is 0.333. The number of carbonyl (C=O) groups is 1. The second-order valence-corrected chi connectivity index (χ2v) is 5.42. The van der Waals surface area contributed by atoms with Gasteiger partial charge >= 0.3 is 0 Å². The summed E-state index contributed by atoms with van der Waals surface area (Å²) >= 11 is 0. The summed E-state index contributed by atoms with van der Waals surface area (Å²) in [5, 5.41) is 0. The van der Waals surface area contributed by atoms with E-state index in [9.17, 15) is 4.79 Å². The molecule has 0 bridgehead atoms. The fourth-order valence-corrected chi connectivity index (χ4v) is 2.72. The number of amides is 1. The molecule has 1 aliphatic carbocycles. The Bertz CT molecular complexity index is 618. The number of hydrogen-bond acceptors (Lipinski definition) is 3. The predicted molar refractivity (Wildman–Crippen MR) is 75.5 cm³/mol. The third-order valence-electron chi connectivity index (χ3n) is 4.03. The Labute approximate surface area is 112 Å². The second-order valence-electron chi connectivity index (χ2n) is 5.42. The summed E-state index contributed by atoms with van der Waals surface area (Å²) < 4.78 is 0. The van der Waals surface area contributed by atoms with Crippen LogP contribution in [0, 0.1) is 0 Å². The molecule has 0 saturated carbocycles. The number of nitrogens with two attached hydrogens (primary N) is 1. The van der Waals surface area contributed by atoms with E-state index in [0.717, 1.165) is 12.0 Å². The molecule has 0 spiro atoms. The average molecular weight is 255 g/mol. The van der Waals surface area contributed by atoms with E-state index in [1.807, 2.05) is 19.1 Å². The number of aliphatic imine (C=N–C) groups is 1. The third kappa shape index (κ3) is 1.84. The minimum absolute atomic E-state index is 0.0202. The summed E-state index contributed by atoms with van der Waals surface area (Å²) in [6.07, 6.45) is 3.37. The van der Waals surface area contributed by atoms with Gasteiger partial charge in [0.15, 0.2) is 5.96 Å². The van der Waals surface area contributed by atoms with Gasteiger partial charge < -0.3 is 5.73 Å². The maximum Gasteiger partial charge on any atom is 0.231 e. The van der Waals surface area contributed by atoms with E-state index in [0.29, 0.717) is 12.4 Å². The first kappa shape index (κ1) is 12.0. The number of fused-ring (bicyclic) bond motifs is 1. The molecule has 1 aromatic rings. The first-order valence-electron chi connectivity index (χ1n) is 6.40. The monoisotopic (exact) mass is 255 g/mol. The van der Waals surface area contributed by atoms with Gasteiger partial charge in [0.05, 0.1) is 12.0 Å². The first-order chi connectivity index (χ1) is 8.99. The SMILES string of the molecule is CN1C(=O)C[C@@](C)(C2=Cc3ccccc3C2)N=C1N. The lowest BCUT2D eigenvalue weighted by atomic mass is 9.86. The highest BCUT2D eigenvalue weighted by Gasteiger charge is 2.38. The Kier molecular flexibility index (Phi) is 2.49. The summed E-state index contributed by atoms with van der Waals surface area (Å²) in [4.78, 5) is 18.0. The Hall–Kier alpha value is -2.10. The second kappa shape index (κ2) is 3.95. The van der Waals surface area contributed by atoms with E-state index >= 15 is 0 Å². The molecule has 19 heavy (non-hydrogen) atoms. The highest BCUT2D eigenvalue weighted by Crippen LogP contribution is 2.37. The normalized spacial score (nSPS) is 26.0. The summed E-state index contributed by atoms with van der Waals surface area (Å²) in [6, 6.07) is 8.27. The van der Waals surface area contributed by atoms with Crippen molar-refractivity contribution in [3.63, 3.8) is 0 Å². The van der Waals surface area contributed by atoms with Crippen molar-refractivity contribution in [3.05, 3.63) is 41.0 Å². The topological polar surface area (TPSA) is 58.7 Å². The summed E-state index contributed by atoms with van der Waals surface area (Å²) in [5.74, 6) is 0.322. The molecule has 0 unspecified atom stereocenters. The summed E-state index contributed by atoms with van der Waals surface area (Å²) in [6.45, 7) is 1.99. The van der Waals surface area contributed by atoms with Crippen LogP contribution in [0.1, 0.15) is 24.5 Å². The van der Waals surface area contributed by atoms with E-state index in [4.69, 9.17) is 5.73 Å². The highest BCUT2D eigenvalue weighted by atomic mass is 16.2. The van der Waals surface area contributed by atoms with Gasteiger partial charge in [0, 0.05) is 7.05 Å². The van der Waals surface area contributed by atoms with Crippen LogP contribution < -0.4 is 5.73 Å². The number of guanidine groups is 1. The zero-order valence-electron chi connectivity index (χ0n) is 11.2. The van der Waals surface area contributed by atoms with E-state index in [2.05, 4.69) is 23.2 Å². The van der Waals surface area contributed by atoms with Crippen LogP contribution in [0.3, 0.4) is 0 Å². The first-order valence-corrected chi connectivity index (χ1v) is 6.40. The molecule has 1 aromatic carbocycles. The van der Waals surface area contributed by atoms with Crippen LogP contribution in [0.4, 0.5) is 0 Å². The number of benzene rings is 1. The van der Waals surface area contributed by atoms with Gasteiger partial charge in [0.2, 0.25) is 5.91 Å². The van der Waals surface area contributed by atoms with Crippen LogP contribution in [0.15, 0.2) is 34.8 Å². The molecule has 1 atom stereocenters. The standard InChI is InChI=1S/C15H17N3O/c1-15(9-13(19)18(2)14(16)17-15)12-7-10-5-3-4-6-11(10)8-12/h3-7H,8-9H2,1-2H3,(H2,16,17)/t15-/m0/s1. The largest absolute Gasteiger partial charge is 0.369 e. The zero-order chi connectivity index (χ0) is 13.6. The average Bonchev–Trinajstić information content (AvgIpc) is 2.80. The molecule has 0 aromatic heterocycles. The van der Waals surface area contributed by atoms with Crippen molar-refractivity contribution in [3.8, 4) is 0 Å². The van der Waals surface area contributed by atoms with E-state index in [-0.39, 0.29) is 5.91 Å². The fourth-order valence-electron chi connectivity index (χ4n) is 2.72. The Balaban J connectivity index is 1.99. The molecule has 2 aliphatic rings. The van der Waals surface area contributed by atoms with Gasteiger partial charge in [0.25, 0.3) is 0 Å². The van der Waals surface area contributed by atoms with Gasteiger partial charge in [-0.05, 0) is 30.0 Å². The summed E-state index contributed by atoms with van der Waals surface area (Å²) in [5.41, 5.74) is 9.01. The molecule has 0 radical (unpaired) electrons. The summed E-state index contributed by atoms with van der Waals surface area (Å²) in [7, 11) is 1.67. The van der Waals surface area contributed by atoms with Gasteiger partial charge in [-0.25, -0.2) is 4.99 Å². The Morgan fingerprint density at radius 3 is 2.79 bits per heavy atom. The zero-order valence-corrected chi connectivity index (χ0v) is 11.2. The predicted octanol–water partition coefficient (Wildman–Crippen LogP) is 1.56. The van der Waals surface area contributed by atoms with Gasteiger partial charge in [-0.1, -0.05) is 30.3 Å². The molecule has 0 fully saturated rings. The minimum atomic E-state index is -0.507. The van der Waals surface area contributed by atoms with Gasteiger partial charge in [-0.15, -0.1) is 0 Å². The Morgan fingerprint density at radius 2 is 2.11 bits per heavy atom. The third-order valence-corrected chi connectivity index (χ3v) is 4.03. The molecule has 4 heteroatoms. The maximum atomic E-state index is 12.0. The lowest BCUT2D eigenvalue weighted by Gasteiger charge is -2.34. The lowest BCUT2D eigenvalue weighted by Crippen LogP contribution is -2.49. The van der Waals surface area contributed by atoms with E-state index in [1.54, 1.807) is 7.05 Å². The Morgan fingerprint density at radius 1 is 1.37 bits per heavy atom. The number of rotatable bonds is 1. The minimum Gasteiger partial charge on any atom is -0.369 e. The molecule has 1 amide bonds. The number of hydrogen-bond donors (Lipinski definition) is 1. The van der Waals surface area contributed by atoms with Crippen LogP contribution in [0.5, 0.6) is 0 Å². The van der Waals surface area contributed by atoms with Crippen LogP contribution in [0.2, 0.25) is 0 Å². The van der Waals surface area contributed by atoms with Crippen LogP contribution in [-0.2, 0) is 11.2 Å². The van der Waals surface area contributed by atoms with Crippen molar-refractivity contribution in [2.75, 3.05) is 7.05 Å². The number of carbonyl (C=O) groups excluding carboxylic acids is 1. The molecule has 2 N–H and O–H groups in total. The maximum absolute atomic E-state index is 12.0. The van der Waals surface area contributed by atoms with Crippen LogP contribution in [-0.4, -0.2) is 29.4 Å². The van der Waals surface area contributed by atoms with Crippen molar-refractivity contribution < 1.29 is 4.79 Å². The van der Waals surface area contributed by atoms with Crippen molar-refractivity contribution >= 4 is 17.9 Å². The van der Waals surface area contributed by atoms with Gasteiger partial charge in [-0.3, -0.25) is 9.69 Å². The molecule has 1 aliphatic heterocycles. The molecule has 4 nitrogen and oxygen atoms in total. The molecular weight excluding hydrogens is 238 g/mol. The van der Waals surface area contributed by atoms with Crippen molar-refractivity contribution in [2.24, 2.45) is 10.7 Å². The highest BCUT2D eigenvalue weighted by molar-refractivity contribution is 5.99. The van der Waals surface area contributed by atoms with Gasteiger partial charge in [0.1, 0.15) is 0 Å². The quantitative estimate of drug-likeness (QED) is 0.828. The smallest absolute Gasteiger partial charge is 0.231 e. The molecule has 0 saturated heterocycles. The van der Waals surface area contributed by atoms with Crippen molar-refractivity contribution in [1.82, 2.24) is 4.90 Å². The molecule has 3 rings (SSSR count). The van der Waals surface area contributed by atoms with Crippen LogP contribution >= 0.6 is 0 Å². The van der Waals surface area contributed by atoms with Crippen molar-refractivity contribution in [1.29, 1.82) is 0 Å². The number of nitrogens with zero attached hydrogens (tertiary/aromatic N) is 2. The lowest BCUT2D eigenvalue weighted by molar-refractivity contribution is -0.128. The van der Waals surface area contributed by atoms with Crippen molar-refractivity contribution in [2.45, 2.75) is 25.3 Å². The molecule has 98 valence electrons. The molecular formula is C15H17N3O. The van der Waals surface area contributed by atoms with E-state index in [1.165, 1.54) is 16.0 Å². The van der Waals surface area contributed by atoms with Crippen LogP contribution in [0.25, 0.3) is 6.08 Å². The van der Waals surface area contributed by atoms with Gasteiger partial charge in [-0.2, -0.15) is 0 Å². The molecule has 1 heterocycles. The van der Waals surface area contributed by atoms with E-state index < -0.39 is 5.54 Å².